The molecule has 1 N–H and O–H groups in total. The molecular weight excluding hydrogens is 445 g/mol. The van der Waals surface area contributed by atoms with Crippen molar-refractivity contribution in [3.63, 3.8) is 0 Å². The second kappa shape index (κ2) is 8.09. The van der Waals surface area contributed by atoms with Gasteiger partial charge in [0.25, 0.3) is 5.78 Å². The number of rotatable bonds is 4. The van der Waals surface area contributed by atoms with Crippen LogP contribution >= 0.6 is 22.9 Å². The van der Waals surface area contributed by atoms with Crippen LogP contribution in [0.3, 0.4) is 0 Å². The Morgan fingerprint density at radius 1 is 1.23 bits per heavy atom. The van der Waals surface area contributed by atoms with Crippen LogP contribution in [0, 0.1) is 12.7 Å². The molecule has 2 heterocycles. The number of anilines is 1. The molecule has 158 valence electrons. The molecule has 1 fully saturated rings. The molecule has 1 unspecified atom stereocenters. The summed E-state index contributed by atoms with van der Waals surface area (Å²) < 4.78 is 19.1. The van der Waals surface area contributed by atoms with E-state index < -0.39 is 29.3 Å². The highest BCUT2D eigenvalue weighted by atomic mass is 35.5. The van der Waals surface area contributed by atoms with E-state index in [1.54, 1.807) is 31.2 Å². The SMILES string of the molecule is COc1ccc(F)cc1C(O)=C1C(=O)C(=O)N(c2nnc(C)s2)C1c1cccc(Cl)c1. The first kappa shape index (κ1) is 21.0. The summed E-state index contributed by atoms with van der Waals surface area (Å²) in [4.78, 5) is 27.2. The number of nitrogens with zero attached hydrogens (tertiary/aromatic N) is 3. The monoisotopic (exact) mass is 459 g/mol. The van der Waals surface area contributed by atoms with Crippen LogP contribution in [0.2, 0.25) is 5.02 Å². The van der Waals surface area contributed by atoms with Crippen molar-refractivity contribution in [3.05, 3.63) is 75.0 Å². The summed E-state index contributed by atoms with van der Waals surface area (Å²) in [6.07, 6.45) is 0. The number of ketones is 1. The Hall–Kier alpha value is -3.30. The van der Waals surface area contributed by atoms with E-state index >= 15 is 0 Å². The average molecular weight is 460 g/mol. The van der Waals surface area contributed by atoms with Crippen LogP contribution in [0.5, 0.6) is 5.75 Å². The number of aliphatic hydroxyl groups is 1. The van der Waals surface area contributed by atoms with E-state index in [0.717, 1.165) is 28.4 Å². The summed E-state index contributed by atoms with van der Waals surface area (Å²) in [6, 6.07) is 9.02. The minimum atomic E-state index is -1.04. The highest BCUT2D eigenvalue weighted by molar-refractivity contribution is 7.15. The van der Waals surface area contributed by atoms with Gasteiger partial charge >= 0.3 is 5.91 Å². The molecule has 4 rings (SSSR count). The summed E-state index contributed by atoms with van der Waals surface area (Å²) >= 11 is 7.27. The third-order valence-electron chi connectivity index (χ3n) is 4.75. The van der Waals surface area contributed by atoms with Crippen molar-refractivity contribution >= 4 is 45.5 Å². The van der Waals surface area contributed by atoms with Crippen LogP contribution in [0.15, 0.2) is 48.0 Å². The lowest BCUT2D eigenvalue weighted by Gasteiger charge is -2.23. The van der Waals surface area contributed by atoms with E-state index in [-0.39, 0.29) is 22.0 Å². The van der Waals surface area contributed by atoms with Gasteiger partial charge in [-0.2, -0.15) is 0 Å². The lowest BCUT2D eigenvalue weighted by atomic mass is 9.95. The molecule has 10 heteroatoms. The fraction of sp³-hybridized carbons (Fsp3) is 0.143. The van der Waals surface area contributed by atoms with Crippen molar-refractivity contribution in [2.24, 2.45) is 0 Å². The first-order valence-corrected chi connectivity index (χ1v) is 10.2. The Kier molecular flexibility index (Phi) is 5.47. The molecule has 0 saturated carbocycles. The average Bonchev–Trinajstić information content (AvgIpc) is 3.28. The van der Waals surface area contributed by atoms with Crippen LogP contribution in [0.4, 0.5) is 9.52 Å². The molecule has 1 atom stereocenters. The van der Waals surface area contributed by atoms with Gasteiger partial charge in [-0.1, -0.05) is 35.1 Å². The Labute approximate surface area is 185 Å². The molecule has 2 aromatic carbocycles. The molecule has 7 nitrogen and oxygen atoms in total. The number of aliphatic hydroxyl groups excluding tert-OH is 1. The standard InChI is InChI=1S/C21H15ClFN3O4S/c1-10-24-25-21(31-10)26-17(11-4-3-5-12(22)8-11)16(19(28)20(26)29)18(27)14-9-13(23)6-7-15(14)30-2/h3-9,17,27H,1-2H3. The minimum absolute atomic E-state index is 0.0547. The summed E-state index contributed by atoms with van der Waals surface area (Å²) in [6.45, 7) is 1.71. The predicted molar refractivity (Wildman–Crippen MR) is 114 cm³/mol. The number of halogens is 2. The van der Waals surface area contributed by atoms with Gasteiger partial charge in [0.2, 0.25) is 5.13 Å². The molecule has 0 radical (unpaired) electrons. The number of hydrogen-bond acceptors (Lipinski definition) is 7. The van der Waals surface area contributed by atoms with Crippen LogP contribution in [-0.2, 0) is 9.59 Å². The number of amides is 1. The number of carbonyl (C=O) groups excluding carboxylic acids is 2. The van der Waals surface area contributed by atoms with Crippen molar-refractivity contribution in [3.8, 4) is 5.75 Å². The van der Waals surface area contributed by atoms with Crippen molar-refractivity contribution in [2.45, 2.75) is 13.0 Å². The van der Waals surface area contributed by atoms with E-state index in [4.69, 9.17) is 16.3 Å². The molecular formula is C21H15ClFN3O4S. The number of aryl methyl sites for hydroxylation is 1. The fourth-order valence-electron chi connectivity index (χ4n) is 3.42. The third kappa shape index (κ3) is 3.66. The molecule has 1 amide bonds. The van der Waals surface area contributed by atoms with Gasteiger partial charge in [-0.15, -0.1) is 10.2 Å². The van der Waals surface area contributed by atoms with Gasteiger partial charge in [0, 0.05) is 5.02 Å². The van der Waals surface area contributed by atoms with E-state index in [2.05, 4.69) is 10.2 Å². The quantitative estimate of drug-likeness (QED) is 0.356. The lowest BCUT2D eigenvalue weighted by Crippen LogP contribution is -2.29. The molecule has 1 aromatic heterocycles. The fourth-order valence-corrected chi connectivity index (χ4v) is 4.33. The second-order valence-corrected chi connectivity index (χ2v) is 8.27. The van der Waals surface area contributed by atoms with E-state index in [1.807, 2.05) is 0 Å². The molecule has 0 spiro atoms. The van der Waals surface area contributed by atoms with Gasteiger partial charge in [-0.25, -0.2) is 4.39 Å². The number of aromatic nitrogens is 2. The summed E-state index contributed by atoms with van der Waals surface area (Å²) in [5.74, 6) is -2.90. The Bertz CT molecular complexity index is 1240. The van der Waals surface area contributed by atoms with Crippen LogP contribution in [-0.4, -0.2) is 34.1 Å². The van der Waals surface area contributed by atoms with Crippen molar-refractivity contribution < 1.29 is 23.8 Å². The number of methoxy groups -OCH3 is 1. The largest absolute Gasteiger partial charge is 0.507 e. The maximum absolute atomic E-state index is 13.9. The van der Waals surface area contributed by atoms with Gasteiger partial charge in [0.1, 0.15) is 22.3 Å². The molecule has 3 aromatic rings. The van der Waals surface area contributed by atoms with Gasteiger partial charge in [0.15, 0.2) is 0 Å². The number of benzene rings is 2. The summed E-state index contributed by atoms with van der Waals surface area (Å²) in [5, 5.41) is 20.2. The number of ether oxygens (including phenoxy) is 1. The van der Waals surface area contributed by atoms with Crippen LogP contribution < -0.4 is 9.64 Å². The van der Waals surface area contributed by atoms with Gasteiger partial charge in [0.05, 0.1) is 24.3 Å². The van der Waals surface area contributed by atoms with E-state index in [1.165, 1.54) is 13.2 Å². The Balaban J connectivity index is 1.99. The topological polar surface area (TPSA) is 92.6 Å². The Morgan fingerprint density at radius 3 is 2.65 bits per heavy atom. The maximum atomic E-state index is 13.9. The normalized spacial score (nSPS) is 17.9. The molecule has 0 aliphatic carbocycles. The Morgan fingerprint density at radius 2 is 2.00 bits per heavy atom. The predicted octanol–water partition coefficient (Wildman–Crippen LogP) is 4.27. The zero-order valence-corrected chi connectivity index (χ0v) is 17.9. The molecule has 1 saturated heterocycles. The number of Topliss-reactive ketones (excluding diaryl/α,β-unsaturated/α-hetero) is 1. The highest BCUT2D eigenvalue weighted by Crippen LogP contribution is 2.44. The van der Waals surface area contributed by atoms with Crippen LogP contribution in [0.25, 0.3) is 5.76 Å². The molecule has 0 bridgehead atoms. The number of hydrogen-bond donors (Lipinski definition) is 1. The summed E-state index contributed by atoms with van der Waals surface area (Å²) in [7, 11) is 1.35. The van der Waals surface area contributed by atoms with Gasteiger partial charge in [-0.3, -0.25) is 14.5 Å². The van der Waals surface area contributed by atoms with E-state index in [0.29, 0.717) is 15.6 Å². The lowest BCUT2D eigenvalue weighted by molar-refractivity contribution is -0.132. The smallest absolute Gasteiger partial charge is 0.301 e. The van der Waals surface area contributed by atoms with E-state index in [9.17, 15) is 19.1 Å². The molecule has 31 heavy (non-hydrogen) atoms. The van der Waals surface area contributed by atoms with Gasteiger partial charge < -0.3 is 9.84 Å². The minimum Gasteiger partial charge on any atom is -0.507 e. The summed E-state index contributed by atoms with van der Waals surface area (Å²) in [5.41, 5.74) is 0.182. The highest BCUT2D eigenvalue weighted by Gasteiger charge is 2.48. The van der Waals surface area contributed by atoms with Crippen LogP contribution in [0.1, 0.15) is 22.2 Å². The second-order valence-electron chi connectivity index (χ2n) is 6.67. The number of carbonyl (C=O) groups is 2. The first-order valence-electron chi connectivity index (χ1n) is 9.02. The first-order chi connectivity index (χ1) is 14.8. The zero-order chi connectivity index (χ0) is 22.3. The maximum Gasteiger partial charge on any atom is 0.301 e. The zero-order valence-electron chi connectivity index (χ0n) is 16.3. The third-order valence-corrected chi connectivity index (χ3v) is 5.82. The van der Waals surface area contributed by atoms with Crippen molar-refractivity contribution in [1.82, 2.24) is 10.2 Å². The molecule has 1 aliphatic rings. The van der Waals surface area contributed by atoms with Crippen molar-refractivity contribution in [1.29, 1.82) is 0 Å². The van der Waals surface area contributed by atoms with Gasteiger partial charge in [-0.05, 0) is 42.8 Å². The van der Waals surface area contributed by atoms with Crippen molar-refractivity contribution in [2.75, 3.05) is 12.0 Å². The molecule has 1 aliphatic heterocycles.